The molecule has 106 valence electrons. The number of nitrogens with one attached hydrogen (secondary N) is 1. The van der Waals surface area contributed by atoms with Crippen LogP contribution in [0, 0.1) is 5.92 Å². The number of sulfonamides is 1. The van der Waals surface area contributed by atoms with E-state index in [9.17, 15) is 8.42 Å². The Morgan fingerprint density at radius 2 is 2.37 bits per heavy atom. The van der Waals surface area contributed by atoms with Crippen LogP contribution >= 0.6 is 23.6 Å². The van der Waals surface area contributed by atoms with Gasteiger partial charge in [-0.25, -0.2) is 13.1 Å². The molecule has 1 fully saturated rings. The zero-order chi connectivity index (χ0) is 13.9. The third kappa shape index (κ3) is 3.96. The molecule has 2 heterocycles. The minimum Gasteiger partial charge on any atom is -0.389 e. The van der Waals surface area contributed by atoms with Crippen LogP contribution in [0.5, 0.6) is 0 Å². The number of hydrogen-bond donors (Lipinski definition) is 2. The van der Waals surface area contributed by atoms with Gasteiger partial charge in [-0.15, -0.1) is 11.3 Å². The lowest BCUT2D eigenvalue weighted by Gasteiger charge is -2.08. The highest BCUT2D eigenvalue weighted by atomic mass is 32.2. The minimum atomic E-state index is -3.45. The molecule has 1 saturated heterocycles. The molecule has 3 N–H and O–H groups in total. The third-order valence-corrected chi connectivity index (χ3v) is 6.38. The molecule has 1 atom stereocenters. The van der Waals surface area contributed by atoms with E-state index in [2.05, 4.69) is 4.72 Å². The predicted octanol–water partition coefficient (Wildman–Crippen LogP) is 1.09. The summed E-state index contributed by atoms with van der Waals surface area (Å²) in [4.78, 5) is 0.828. The SMILES string of the molecule is NC(=S)c1ccc(S(=O)(=O)NCCC2CCOC2)s1. The van der Waals surface area contributed by atoms with E-state index >= 15 is 0 Å². The van der Waals surface area contributed by atoms with E-state index in [1.165, 1.54) is 6.07 Å². The third-order valence-electron chi connectivity index (χ3n) is 2.96. The van der Waals surface area contributed by atoms with Crippen molar-refractivity contribution in [3.05, 3.63) is 17.0 Å². The molecule has 8 heteroatoms. The second kappa shape index (κ2) is 6.27. The summed E-state index contributed by atoms with van der Waals surface area (Å²) in [5.74, 6) is 0.457. The summed E-state index contributed by atoms with van der Waals surface area (Å²) >= 11 is 5.91. The molecule has 0 aromatic carbocycles. The molecular formula is C11H16N2O3S3. The van der Waals surface area contributed by atoms with Crippen molar-refractivity contribution < 1.29 is 13.2 Å². The average molecular weight is 320 g/mol. The summed E-state index contributed by atoms with van der Waals surface area (Å²) < 4.78 is 32.1. The molecule has 2 rings (SSSR count). The Morgan fingerprint density at radius 3 is 2.95 bits per heavy atom. The van der Waals surface area contributed by atoms with Gasteiger partial charge in [0.1, 0.15) is 9.20 Å². The minimum absolute atomic E-state index is 0.217. The van der Waals surface area contributed by atoms with Crippen molar-refractivity contribution >= 4 is 38.6 Å². The maximum absolute atomic E-state index is 12.0. The van der Waals surface area contributed by atoms with Crippen LogP contribution in [0.1, 0.15) is 17.7 Å². The lowest BCUT2D eigenvalue weighted by molar-refractivity contribution is 0.184. The molecule has 5 nitrogen and oxygen atoms in total. The zero-order valence-electron chi connectivity index (χ0n) is 10.3. The van der Waals surface area contributed by atoms with Crippen molar-refractivity contribution in [2.75, 3.05) is 19.8 Å². The molecule has 1 unspecified atom stereocenters. The molecule has 1 aromatic heterocycles. The monoisotopic (exact) mass is 320 g/mol. The van der Waals surface area contributed by atoms with Crippen LogP contribution in [0.4, 0.5) is 0 Å². The highest BCUT2D eigenvalue weighted by Crippen LogP contribution is 2.22. The fourth-order valence-electron chi connectivity index (χ4n) is 1.88. The van der Waals surface area contributed by atoms with Crippen molar-refractivity contribution in [3.8, 4) is 0 Å². The van der Waals surface area contributed by atoms with E-state index < -0.39 is 10.0 Å². The Labute approximate surface area is 122 Å². The Morgan fingerprint density at radius 1 is 1.58 bits per heavy atom. The number of hydrogen-bond acceptors (Lipinski definition) is 5. The van der Waals surface area contributed by atoms with Crippen molar-refractivity contribution in [1.29, 1.82) is 0 Å². The van der Waals surface area contributed by atoms with Crippen LogP contribution in [0.2, 0.25) is 0 Å². The number of thiophene rings is 1. The van der Waals surface area contributed by atoms with Crippen molar-refractivity contribution in [2.24, 2.45) is 11.7 Å². The molecule has 0 saturated carbocycles. The van der Waals surface area contributed by atoms with Gasteiger partial charge >= 0.3 is 0 Å². The van der Waals surface area contributed by atoms with Crippen molar-refractivity contribution in [3.63, 3.8) is 0 Å². The first-order valence-corrected chi connectivity index (χ1v) is 8.67. The van der Waals surface area contributed by atoms with Gasteiger partial charge in [0.2, 0.25) is 10.0 Å². The van der Waals surface area contributed by atoms with E-state index in [1.807, 2.05) is 0 Å². The first-order chi connectivity index (χ1) is 8.99. The Bertz CT molecular complexity index is 547. The van der Waals surface area contributed by atoms with Crippen LogP contribution in [0.3, 0.4) is 0 Å². The van der Waals surface area contributed by atoms with Gasteiger partial charge in [0.25, 0.3) is 0 Å². The predicted molar refractivity (Wildman–Crippen MR) is 78.9 cm³/mol. The first-order valence-electron chi connectivity index (χ1n) is 5.96. The maximum atomic E-state index is 12.0. The van der Waals surface area contributed by atoms with Crippen molar-refractivity contribution in [2.45, 2.75) is 17.1 Å². The van der Waals surface area contributed by atoms with Crippen molar-refractivity contribution in [1.82, 2.24) is 4.72 Å². The van der Waals surface area contributed by atoms with Gasteiger partial charge in [-0.3, -0.25) is 0 Å². The number of thiocarbonyl (C=S) groups is 1. The highest BCUT2D eigenvalue weighted by Gasteiger charge is 2.19. The fourth-order valence-corrected chi connectivity index (χ4v) is 4.32. The Balaban J connectivity index is 1.91. The molecule has 1 aliphatic heterocycles. The topological polar surface area (TPSA) is 81.4 Å². The second-order valence-electron chi connectivity index (χ2n) is 4.40. The molecule has 0 spiro atoms. The van der Waals surface area contributed by atoms with E-state index in [4.69, 9.17) is 22.7 Å². The van der Waals surface area contributed by atoms with Crippen LogP contribution in [-0.4, -0.2) is 33.2 Å². The van der Waals surface area contributed by atoms with Gasteiger partial charge < -0.3 is 10.5 Å². The molecule has 1 aromatic rings. The van der Waals surface area contributed by atoms with E-state index in [1.54, 1.807) is 6.07 Å². The van der Waals surface area contributed by atoms with Gasteiger partial charge in [0, 0.05) is 19.8 Å². The lowest BCUT2D eigenvalue weighted by atomic mass is 10.1. The van der Waals surface area contributed by atoms with Gasteiger partial charge in [0.15, 0.2) is 0 Å². The molecule has 0 aliphatic carbocycles. The fraction of sp³-hybridized carbons (Fsp3) is 0.545. The van der Waals surface area contributed by atoms with Gasteiger partial charge in [-0.2, -0.15) is 0 Å². The molecule has 0 radical (unpaired) electrons. The maximum Gasteiger partial charge on any atom is 0.250 e. The summed E-state index contributed by atoms with van der Waals surface area (Å²) in [6, 6.07) is 3.16. The average Bonchev–Trinajstić information content (AvgIpc) is 2.99. The van der Waals surface area contributed by atoms with Gasteiger partial charge in [-0.1, -0.05) is 12.2 Å². The number of nitrogens with two attached hydrogens (primary N) is 1. The number of ether oxygens (including phenoxy) is 1. The first kappa shape index (κ1) is 14.9. The molecule has 19 heavy (non-hydrogen) atoms. The summed E-state index contributed by atoms with van der Waals surface area (Å²) in [6.07, 6.45) is 1.80. The zero-order valence-corrected chi connectivity index (χ0v) is 12.7. The molecule has 0 bridgehead atoms. The Kier molecular flexibility index (Phi) is 4.91. The standard InChI is InChI=1S/C11H16N2O3S3/c12-11(17)9-1-2-10(18-9)19(14,15)13-5-3-8-4-6-16-7-8/h1-2,8,13H,3-7H2,(H2,12,17). The lowest BCUT2D eigenvalue weighted by Crippen LogP contribution is -2.25. The molecule has 0 amide bonds. The van der Waals surface area contributed by atoms with Gasteiger partial charge in [0.05, 0.1) is 4.88 Å². The van der Waals surface area contributed by atoms with Crippen LogP contribution < -0.4 is 10.5 Å². The molecule has 1 aliphatic rings. The summed E-state index contributed by atoms with van der Waals surface area (Å²) in [6.45, 7) is 1.93. The summed E-state index contributed by atoms with van der Waals surface area (Å²) in [5.41, 5.74) is 5.47. The van der Waals surface area contributed by atoms with Crippen LogP contribution in [0.15, 0.2) is 16.3 Å². The largest absolute Gasteiger partial charge is 0.389 e. The second-order valence-corrected chi connectivity index (χ2v) is 7.92. The van der Waals surface area contributed by atoms with Gasteiger partial charge in [-0.05, 0) is 30.9 Å². The normalized spacial score (nSPS) is 19.7. The van der Waals surface area contributed by atoms with Crippen LogP contribution in [-0.2, 0) is 14.8 Å². The molecular weight excluding hydrogens is 304 g/mol. The number of rotatable bonds is 6. The summed E-state index contributed by atoms with van der Waals surface area (Å²) in [7, 11) is -3.45. The van der Waals surface area contributed by atoms with Crippen LogP contribution in [0.25, 0.3) is 0 Å². The summed E-state index contributed by atoms with van der Waals surface area (Å²) in [5, 5.41) is 0. The Hall–Kier alpha value is -0.540. The quantitative estimate of drug-likeness (QED) is 0.767. The van der Waals surface area contributed by atoms with E-state index in [0.717, 1.165) is 37.4 Å². The van der Waals surface area contributed by atoms with E-state index in [-0.39, 0.29) is 9.20 Å². The smallest absolute Gasteiger partial charge is 0.250 e. The highest BCUT2D eigenvalue weighted by molar-refractivity contribution is 7.91. The van der Waals surface area contributed by atoms with E-state index in [0.29, 0.717) is 17.3 Å².